The summed E-state index contributed by atoms with van der Waals surface area (Å²) in [5, 5.41) is 0. The van der Waals surface area contributed by atoms with Gasteiger partial charge in [0.15, 0.2) is 0 Å². The summed E-state index contributed by atoms with van der Waals surface area (Å²) < 4.78 is 2.05. The van der Waals surface area contributed by atoms with E-state index in [1.165, 1.54) is 0 Å². The Morgan fingerprint density at radius 3 is 2.92 bits per heavy atom. The van der Waals surface area contributed by atoms with Crippen molar-refractivity contribution in [2.45, 2.75) is 6.92 Å². The molecule has 0 spiro atoms. The second-order valence-electron chi connectivity index (χ2n) is 3.07. The summed E-state index contributed by atoms with van der Waals surface area (Å²) in [4.78, 5) is 4.39. The molecule has 0 aliphatic carbocycles. The molecular formula is C11H10N2. The standard InChI is InChI=1S/C11H10N2/c1-4-9-5-6-11-10(7-9)12-8(2)13(11)3/h1,5-7H,2-3H3. The first-order valence-corrected chi connectivity index (χ1v) is 4.12. The molecular weight excluding hydrogens is 160 g/mol. The van der Waals surface area contributed by atoms with Crippen LogP contribution in [-0.4, -0.2) is 9.55 Å². The molecule has 13 heavy (non-hydrogen) atoms. The van der Waals surface area contributed by atoms with Crippen molar-refractivity contribution in [3.63, 3.8) is 0 Å². The molecule has 0 aliphatic heterocycles. The van der Waals surface area contributed by atoms with Crippen LogP contribution in [-0.2, 0) is 7.05 Å². The van der Waals surface area contributed by atoms with Crippen LogP contribution in [0.15, 0.2) is 18.2 Å². The molecule has 0 unspecified atom stereocenters. The SMILES string of the molecule is C#Cc1ccc2c(c1)nc(C)n2C. The highest BCUT2D eigenvalue weighted by molar-refractivity contribution is 5.77. The normalized spacial score (nSPS) is 10.2. The van der Waals surface area contributed by atoms with Crippen molar-refractivity contribution in [2.75, 3.05) is 0 Å². The lowest BCUT2D eigenvalue weighted by atomic mass is 10.2. The number of nitrogens with zero attached hydrogens (tertiary/aromatic N) is 2. The molecule has 2 aromatic rings. The quantitative estimate of drug-likeness (QED) is 0.552. The van der Waals surface area contributed by atoms with Gasteiger partial charge in [-0.3, -0.25) is 0 Å². The van der Waals surface area contributed by atoms with E-state index in [4.69, 9.17) is 6.42 Å². The van der Waals surface area contributed by atoms with Gasteiger partial charge in [0.25, 0.3) is 0 Å². The largest absolute Gasteiger partial charge is 0.331 e. The van der Waals surface area contributed by atoms with Gasteiger partial charge in [-0.25, -0.2) is 4.98 Å². The zero-order valence-corrected chi connectivity index (χ0v) is 7.70. The number of terminal acetylenes is 1. The van der Waals surface area contributed by atoms with Crippen LogP contribution in [0.5, 0.6) is 0 Å². The van der Waals surface area contributed by atoms with E-state index in [0.29, 0.717) is 0 Å². The Morgan fingerprint density at radius 2 is 2.23 bits per heavy atom. The van der Waals surface area contributed by atoms with Crippen molar-refractivity contribution in [3.05, 3.63) is 29.6 Å². The fourth-order valence-electron chi connectivity index (χ4n) is 1.41. The van der Waals surface area contributed by atoms with E-state index >= 15 is 0 Å². The third-order valence-corrected chi connectivity index (χ3v) is 2.27. The predicted molar refractivity (Wildman–Crippen MR) is 53.4 cm³/mol. The average Bonchev–Trinajstić information content (AvgIpc) is 2.42. The summed E-state index contributed by atoms with van der Waals surface area (Å²) in [5.41, 5.74) is 2.97. The van der Waals surface area contributed by atoms with Crippen LogP contribution in [0, 0.1) is 19.3 Å². The molecule has 2 rings (SSSR count). The van der Waals surface area contributed by atoms with Crippen LogP contribution < -0.4 is 0 Å². The highest BCUT2D eigenvalue weighted by Gasteiger charge is 2.02. The zero-order chi connectivity index (χ0) is 9.42. The molecule has 0 bridgehead atoms. The zero-order valence-electron chi connectivity index (χ0n) is 7.70. The minimum Gasteiger partial charge on any atom is -0.331 e. The Morgan fingerprint density at radius 1 is 1.46 bits per heavy atom. The first-order valence-electron chi connectivity index (χ1n) is 4.12. The van der Waals surface area contributed by atoms with Crippen molar-refractivity contribution in [1.29, 1.82) is 0 Å². The number of hydrogen-bond donors (Lipinski definition) is 0. The summed E-state index contributed by atoms with van der Waals surface area (Å²) in [7, 11) is 2.00. The van der Waals surface area contributed by atoms with Crippen LogP contribution in [0.1, 0.15) is 11.4 Å². The van der Waals surface area contributed by atoms with Crippen LogP contribution in [0.25, 0.3) is 11.0 Å². The van der Waals surface area contributed by atoms with Gasteiger partial charge in [-0.15, -0.1) is 6.42 Å². The second-order valence-corrected chi connectivity index (χ2v) is 3.07. The first kappa shape index (κ1) is 7.88. The van der Waals surface area contributed by atoms with Crippen LogP contribution in [0.4, 0.5) is 0 Å². The summed E-state index contributed by atoms with van der Waals surface area (Å²) >= 11 is 0. The van der Waals surface area contributed by atoms with Gasteiger partial charge in [0.05, 0.1) is 11.0 Å². The van der Waals surface area contributed by atoms with Crippen LogP contribution in [0.3, 0.4) is 0 Å². The lowest BCUT2D eigenvalue weighted by molar-refractivity contribution is 0.886. The fraction of sp³-hybridized carbons (Fsp3) is 0.182. The first-order chi connectivity index (χ1) is 6.22. The van der Waals surface area contributed by atoms with Gasteiger partial charge in [0.2, 0.25) is 0 Å². The number of aromatic nitrogens is 2. The van der Waals surface area contributed by atoms with Gasteiger partial charge in [-0.1, -0.05) is 5.92 Å². The van der Waals surface area contributed by atoms with E-state index in [1.54, 1.807) is 0 Å². The number of hydrogen-bond acceptors (Lipinski definition) is 1. The maximum atomic E-state index is 5.30. The van der Waals surface area contributed by atoms with Gasteiger partial charge in [0.1, 0.15) is 5.82 Å². The van der Waals surface area contributed by atoms with Gasteiger partial charge in [-0.05, 0) is 25.1 Å². The van der Waals surface area contributed by atoms with Crippen molar-refractivity contribution in [2.24, 2.45) is 7.05 Å². The molecule has 1 heterocycles. The minimum atomic E-state index is 0.880. The maximum absolute atomic E-state index is 5.30. The third kappa shape index (κ3) is 1.09. The molecule has 1 aromatic heterocycles. The smallest absolute Gasteiger partial charge is 0.106 e. The number of fused-ring (bicyclic) bond motifs is 1. The number of aryl methyl sites for hydroxylation is 2. The molecule has 0 amide bonds. The van der Waals surface area contributed by atoms with Crippen LogP contribution in [0.2, 0.25) is 0 Å². The van der Waals surface area contributed by atoms with Crippen molar-refractivity contribution >= 4 is 11.0 Å². The molecule has 1 aromatic carbocycles. The molecule has 2 nitrogen and oxygen atoms in total. The average molecular weight is 170 g/mol. The number of rotatable bonds is 0. The molecule has 0 radical (unpaired) electrons. The van der Waals surface area contributed by atoms with E-state index in [2.05, 4.69) is 15.5 Å². The summed E-state index contributed by atoms with van der Waals surface area (Å²) in [6.07, 6.45) is 5.30. The molecule has 0 saturated heterocycles. The third-order valence-electron chi connectivity index (χ3n) is 2.27. The van der Waals surface area contributed by atoms with Crippen molar-refractivity contribution in [3.8, 4) is 12.3 Å². The molecule has 0 fully saturated rings. The monoisotopic (exact) mass is 170 g/mol. The summed E-state index contributed by atoms with van der Waals surface area (Å²) in [6.45, 7) is 1.98. The molecule has 0 aliphatic rings. The molecule has 0 saturated carbocycles. The Bertz CT molecular complexity index is 501. The highest BCUT2D eigenvalue weighted by Crippen LogP contribution is 2.15. The van der Waals surface area contributed by atoms with Gasteiger partial charge < -0.3 is 4.57 Å². The van der Waals surface area contributed by atoms with Gasteiger partial charge >= 0.3 is 0 Å². The van der Waals surface area contributed by atoms with Crippen molar-refractivity contribution in [1.82, 2.24) is 9.55 Å². The van der Waals surface area contributed by atoms with Gasteiger partial charge in [-0.2, -0.15) is 0 Å². The van der Waals surface area contributed by atoms with Crippen LogP contribution >= 0.6 is 0 Å². The molecule has 64 valence electrons. The summed E-state index contributed by atoms with van der Waals surface area (Å²) in [6, 6.07) is 5.87. The van der Waals surface area contributed by atoms with Crippen molar-refractivity contribution < 1.29 is 0 Å². The molecule has 0 atom stereocenters. The fourth-order valence-corrected chi connectivity index (χ4v) is 1.41. The van der Waals surface area contributed by atoms with E-state index in [9.17, 15) is 0 Å². The van der Waals surface area contributed by atoms with E-state index in [1.807, 2.05) is 32.2 Å². The number of benzene rings is 1. The summed E-state index contributed by atoms with van der Waals surface area (Å²) in [5.74, 6) is 3.60. The topological polar surface area (TPSA) is 17.8 Å². The molecule has 2 heteroatoms. The lowest BCUT2D eigenvalue weighted by Crippen LogP contribution is -1.89. The maximum Gasteiger partial charge on any atom is 0.106 e. The Hall–Kier alpha value is -1.75. The Labute approximate surface area is 77.2 Å². The Kier molecular flexibility index (Phi) is 1.60. The minimum absolute atomic E-state index is 0.880. The van der Waals surface area contributed by atoms with Gasteiger partial charge in [0, 0.05) is 12.6 Å². The van der Waals surface area contributed by atoms with E-state index in [0.717, 1.165) is 22.4 Å². The lowest BCUT2D eigenvalue weighted by Gasteiger charge is -1.95. The number of imidazole rings is 1. The predicted octanol–water partition coefficient (Wildman–Crippen LogP) is 1.86. The second kappa shape index (κ2) is 2.63. The van der Waals surface area contributed by atoms with E-state index in [-0.39, 0.29) is 0 Å². The highest BCUT2D eigenvalue weighted by atomic mass is 15.0. The molecule has 0 N–H and O–H groups in total. The Balaban J connectivity index is 2.82. The van der Waals surface area contributed by atoms with E-state index < -0.39 is 0 Å².